The number of benzene rings is 1. The molecule has 0 saturated heterocycles. The van der Waals surface area contributed by atoms with Crippen molar-refractivity contribution in [2.75, 3.05) is 14.1 Å². The van der Waals surface area contributed by atoms with Crippen LogP contribution in [0, 0.1) is 0 Å². The lowest BCUT2D eigenvalue weighted by Gasteiger charge is -2.11. The van der Waals surface area contributed by atoms with Gasteiger partial charge < -0.3 is 5.11 Å². The smallest absolute Gasteiger partial charge is 0.242 e. The van der Waals surface area contributed by atoms with E-state index in [9.17, 15) is 13.5 Å². The second-order valence-corrected chi connectivity index (χ2v) is 7.60. The van der Waals surface area contributed by atoms with Crippen LogP contribution in [0.2, 0.25) is 0 Å². The van der Waals surface area contributed by atoms with Crippen molar-refractivity contribution in [3.05, 3.63) is 34.7 Å². The third-order valence-electron chi connectivity index (χ3n) is 2.81. The number of thiazole rings is 1. The summed E-state index contributed by atoms with van der Waals surface area (Å²) in [6, 6.07) is 6.56. The standard InChI is InChI=1S/C13H16N2O3S2/c1-9(16)13-14-12(8-19-13)10-4-6-11(7-5-10)20(17,18)15(2)3/h4-9,16H,1-3H3. The van der Waals surface area contributed by atoms with Crippen LogP contribution >= 0.6 is 11.3 Å². The van der Waals surface area contributed by atoms with E-state index in [1.165, 1.54) is 29.7 Å². The topological polar surface area (TPSA) is 70.5 Å². The van der Waals surface area contributed by atoms with Crippen molar-refractivity contribution in [3.8, 4) is 11.3 Å². The van der Waals surface area contributed by atoms with E-state index in [1.54, 1.807) is 31.2 Å². The molecule has 108 valence electrons. The molecule has 0 fully saturated rings. The molecular weight excluding hydrogens is 296 g/mol. The first-order valence-electron chi connectivity index (χ1n) is 5.99. The summed E-state index contributed by atoms with van der Waals surface area (Å²) >= 11 is 1.38. The van der Waals surface area contributed by atoms with Crippen molar-refractivity contribution in [2.45, 2.75) is 17.9 Å². The SMILES string of the molecule is CC(O)c1nc(-c2ccc(S(=O)(=O)N(C)C)cc2)cs1. The van der Waals surface area contributed by atoms with Gasteiger partial charge in [0, 0.05) is 25.0 Å². The zero-order valence-corrected chi connectivity index (χ0v) is 13.1. The van der Waals surface area contributed by atoms with E-state index in [0.717, 1.165) is 11.3 Å². The number of nitrogens with zero attached hydrogens (tertiary/aromatic N) is 2. The highest BCUT2D eigenvalue weighted by Gasteiger charge is 2.17. The average Bonchev–Trinajstić information content (AvgIpc) is 2.88. The monoisotopic (exact) mass is 312 g/mol. The molecule has 5 nitrogen and oxygen atoms in total. The van der Waals surface area contributed by atoms with E-state index in [2.05, 4.69) is 4.98 Å². The first kappa shape index (κ1) is 15.1. The molecule has 2 aromatic rings. The molecule has 7 heteroatoms. The minimum atomic E-state index is -3.41. The van der Waals surface area contributed by atoms with Crippen LogP contribution in [0.1, 0.15) is 18.0 Å². The van der Waals surface area contributed by atoms with Crippen molar-refractivity contribution in [1.29, 1.82) is 0 Å². The highest BCUT2D eigenvalue weighted by Crippen LogP contribution is 2.26. The average molecular weight is 312 g/mol. The summed E-state index contributed by atoms with van der Waals surface area (Å²) in [7, 11) is -0.411. The first-order chi connectivity index (χ1) is 9.32. The number of hydrogen-bond donors (Lipinski definition) is 1. The van der Waals surface area contributed by atoms with Gasteiger partial charge in [-0.3, -0.25) is 0 Å². The fourth-order valence-electron chi connectivity index (χ4n) is 1.62. The molecule has 1 aromatic carbocycles. The summed E-state index contributed by atoms with van der Waals surface area (Å²) < 4.78 is 25.1. The van der Waals surface area contributed by atoms with E-state index >= 15 is 0 Å². The van der Waals surface area contributed by atoms with E-state index in [4.69, 9.17) is 0 Å². The minimum Gasteiger partial charge on any atom is -0.386 e. The summed E-state index contributed by atoms with van der Waals surface area (Å²) in [5.41, 5.74) is 1.56. The Hall–Kier alpha value is -1.28. The fraction of sp³-hybridized carbons (Fsp3) is 0.308. The van der Waals surface area contributed by atoms with Crippen molar-refractivity contribution in [1.82, 2.24) is 9.29 Å². The van der Waals surface area contributed by atoms with E-state index in [-0.39, 0.29) is 4.90 Å². The Bertz CT molecular complexity index is 689. The number of aliphatic hydroxyl groups is 1. The van der Waals surface area contributed by atoms with Crippen LogP contribution in [0.5, 0.6) is 0 Å². The number of hydrogen-bond acceptors (Lipinski definition) is 5. The predicted molar refractivity (Wildman–Crippen MR) is 79.1 cm³/mol. The zero-order chi connectivity index (χ0) is 14.9. The summed E-state index contributed by atoms with van der Waals surface area (Å²) in [6.45, 7) is 1.66. The molecule has 20 heavy (non-hydrogen) atoms. The van der Waals surface area contributed by atoms with Gasteiger partial charge in [0.05, 0.1) is 10.6 Å². The van der Waals surface area contributed by atoms with Crippen LogP contribution in [-0.2, 0) is 10.0 Å². The molecule has 0 spiro atoms. The number of rotatable bonds is 4. The van der Waals surface area contributed by atoms with E-state index in [0.29, 0.717) is 5.01 Å². The molecular formula is C13H16N2O3S2. The van der Waals surface area contributed by atoms with Crippen LogP contribution in [0.3, 0.4) is 0 Å². The van der Waals surface area contributed by atoms with Gasteiger partial charge >= 0.3 is 0 Å². The van der Waals surface area contributed by atoms with Gasteiger partial charge in [0.1, 0.15) is 11.1 Å². The van der Waals surface area contributed by atoms with Gasteiger partial charge in [-0.1, -0.05) is 12.1 Å². The Morgan fingerprint density at radius 1 is 1.25 bits per heavy atom. The van der Waals surface area contributed by atoms with Gasteiger partial charge in [-0.2, -0.15) is 0 Å². The summed E-state index contributed by atoms with van der Waals surface area (Å²) in [5.74, 6) is 0. The Labute approximate surface area is 122 Å². The number of sulfonamides is 1. The highest BCUT2D eigenvalue weighted by molar-refractivity contribution is 7.89. The molecule has 0 aliphatic rings. The van der Waals surface area contributed by atoms with Gasteiger partial charge in [0.2, 0.25) is 10.0 Å². The molecule has 0 radical (unpaired) electrons. The first-order valence-corrected chi connectivity index (χ1v) is 8.31. The lowest BCUT2D eigenvalue weighted by Crippen LogP contribution is -2.22. The second-order valence-electron chi connectivity index (χ2n) is 4.56. The molecule has 0 saturated carbocycles. The zero-order valence-electron chi connectivity index (χ0n) is 11.4. The minimum absolute atomic E-state index is 0.247. The molecule has 0 aliphatic heterocycles. The lowest BCUT2D eigenvalue weighted by atomic mass is 10.2. The molecule has 0 aliphatic carbocycles. The summed E-state index contributed by atoms with van der Waals surface area (Å²) in [6.07, 6.45) is -0.595. The molecule has 0 bridgehead atoms. The Kier molecular flexibility index (Phi) is 4.24. The Morgan fingerprint density at radius 3 is 2.30 bits per heavy atom. The maximum atomic E-state index is 12.0. The van der Waals surface area contributed by atoms with Gasteiger partial charge in [-0.15, -0.1) is 11.3 Å². The van der Waals surface area contributed by atoms with Gasteiger partial charge in [0.15, 0.2) is 0 Å². The largest absolute Gasteiger partial charge is 0.386 e. The van der Waals surface area contributed by atoms with Crippen LogP contribution in [0.4, 0.5) is 0 Å². The lowest BCUT2D eigenvalue weighted by molar-refractivity contribution is 0.199. The van der Waals surface area contributed by atoms with Gasteiger partial charge in [-0.25, -0.2) is 17.7 Å². The highest BCUT2D eigenvalue weighted by atomic mass is 32.2. The quantitative estimate of drug-likeness (QED) is 0.938. The molecule has 1 aromatic heterocycles. The van der Waals surface area contributed by atoms with Crippen molar-refractivity contribution >= 4 is 21.4 Å². The van der Waals surface area contributed by atoms with Crippen LogP contribution in [-0.4, -0.2) is 36.9 Å². The van der Waals surface area contributed by atoms with Gasteiger partial charge in [-0.05, 0) is 19.1 Å². The van der Waals surface area contributed by atoms with Crippen molar-refractivity contribution in [2.24, 2.45) is 0 Å². The van der Waals surface area contributed by atoms with Gasteiger partial charge in [0.25, 0.3) is 0 Å². The molecule has 1 unspecified atom stereocenters. The molecule has 1 heterocycles. The van der Waals surface area contributed by atoms with Crippen LogP contribution in [0.15, 0.2) is 34.5 Å². The van der Waals surface area contributed by atoms with Crippen LogP contribution < -0.4 is 0 Å². The Balaban J connectivity index is 2.33. The maximum absolute atomic E-state index is 12.0. The molecule has 1 atom stereocenters. The number of aromatic nitrogens is 1. The van der Waals surface area contributed by atoms with Crippen molar-refractivity contribution < 1.29 is 13.5 Å². The molecule has 2 rings (SSSR count). The normalized spacial score (nSPS) is 13.7. The summed E-state index contributed by atoms with van der Waals surface area (Å²) in [4.78, 5) is 4.56. The Morgan fingerprint density at radius 2 is 1.85 bits per heavy atom. The predicted octanol–water partition coefficient (Wildman–Crippen LogP) is 2.11. The van der Waals surface area contributed by atoms with Crippen LogP contribution in [0.25, 0.3) is 11.3 Å². The van der Waals surface area contributed by atoms with Crippen molar-refractivity contribution in [3.63, 3.8) is 0 Å². The molecule has 1 N–H and O–H groups in total. The van der Waals surface area contributed by atoms with E-state index in [1.807, 2.05) is 5.38 Å². The fourth-order valence-corrected chi connectivity index (χ4v) is 3.29. The number of aliphatic hydroxyl groups excluding tert-OH is 1. The molecule has 0 amide bonds. The maximum Gasteiger partial charge on any atom is 0.242 e. The summed E-state index contributed by atoms with van der Waals surface area (Å²) in [5, 5.41) is 11.9. The third-order valence-corrected chi connectivity index (χ3v) is 5.65. The second kappa shape index (κ2) is 5.61. The third kappa shape index (κ3) is 2.90. The van der Waals surface area contributed by atoms with E-state index < -0.39 is 16.1 Å².